The van der Waals surface area contributed by atoms with Gasteiger partial charge in [0.1, 0.15) is 18.4 Å². The van der Waals surface area contributed by atoms with Crippen molar-refractivity contribution in [3.63, 3.8) is 0 Å². The fraction of sp³-hybridized carbons (Fsp3) is 0.357. The van der Waals surface area contributed by atoms with Gasteiger partial charge in [0, 0.05) is 30.6 Å². The molecule has 0 saturated carbocycles. The molecule has 0 bridgehead atoms. The molecule has 0 saturated heterocycles. The van der Waals surface area contributed by atoms with Gasteiger partial charge in [-0.3, -0.25) is 9.48 Å². The Hall–Kier alpha value is -2.37. The van der Waals surface area contributed by atoms with E-state index in [2.05, 4.69) is 15.4 Å². The highest BCUT2D eigenvalue weighted by Gasteiger charge is 2.17. The summed E-state index contributed by atoms with van der Waals surface area (Å²) < 4.78 is 7.61. The van der Waals surface area contributed by atoms with E-state index in [1.807, 2.05) is 18.2 Å². The third kappa shape index (κ3) is 2.79. The maximum Gasteiger partial charge on any atom is 0.224 e. The molecule has 2 heterocycles. The van der Waals surface area contributed by atoms with Crippen LogP contribution in [0.3, 0.4) is 0 Å². The van der Waals surface area contributed by atoms with Crippen molar-refractivity contribution in [3.8, 4) is 5.75 Å². The van der Waals surface area contributed by atoms with Crippen LogP contribution in [0.2, 0.25) is 0 Å². The van der Waals surface area contributed by atoms with E-state index < -0.39 is 0 Å². The van der Waals surface area contributed by atoms with Crippen molar-refractivity contribution in [2.45, 2.75) is 25.8 Å². The Labute approximate surface area is 116 Å². The standard InChI is InChI=1S/C14H16N4O2/c19-14-6-5-11-12(17-14)3-1-4-13(11)20-8-2-7-18-10-15-9-16-18/h1,3-4,9-10H,2,5-8H2,(H,17,19). The number of aryl methyl sites for hydroxylation is 1. The Kier molecular flexibility index (Phi) is 3.62. The summed E-state index contributed by atoms with van der Waals surface area (Å²) in [6.07, 6.45) is 5.34. The Morgan fingerprint density at radius 3 is 3.15 bits per heavy atom. The van der Waals surface area contributed by atoms with Gasteiger partial charge in [0.25, 0.3) is 0 Å². The first-order chi connectivity index (χ1) is 9.83. The maximum absolute atomic E-state index is 11.4. The minimum absolute atomic E-state index is 0.0702. The highest BCUT2D eigenvalue weighted by atomic mass is 16.5. The SMILES string of the molecule is O=C1CCc2c(cccc2OCCCn2cncn2)N1. The third-order valence-electron chi connectivity index (χ3n) is 3.26. The van der Waals surface area contributed by atoms with Crippen molar-refractivity contribution in [2.24, 2.45) is 0 Å². The van der Waals surface area contributed by atoms with Gasteiger partial charge in [-0.25, -0.2) is 4.98 Å². The zero-order valence-electron chi connectivity index (χ0n) is 11.1. The number of carbonyl (C=O) groups is 1. The average Bonchev–Trinajstić information content (AvgIpc) is 2.96. The first kappa shape index (κ1) is 12.7. The van der Waals surface area contributed by atoms with Crippen LogP contribution in [0.15, 0.2) is 30.9 Å². The molecular weight excluding hydrogens is 256 g/mol. The Morgan fingerprint density at radius 1 is 1.35 bits per heavy atom. The van der Waals surface area contributed by atoms with E-state index in [0.717, 1.165) is 36.4 Å². The monoisotopic (exact) mass is 272 g/mol. The molecule has 1 aliphatic rings. The van der Waals surface area contributed by atoms with Gasteiger partial charge in [0.2, 0.25) is 5.91 Å². The number of carbonyl (C=O) groups excluding carboxylic acids is 1. The molecule has 6 nitrogen and oxygen atoms in total. The Balaban J connectivity index is 1.58. The van der Waals surface area contributed by atoms with Crippen molar-refractivity contribution in [2.75, 3.05) is 11.9 Å². The van der Waals surface area contributed by atoms with E-state index in [4.69, 9.17) is 4.74 Å². The third-order valence-corrected chi connectivity index (χ3v) is 3.26. The number of nitrogens with one attached hydrogen (secondary N) is 1. The number of hydrogen-bond acceptors (Lipinski definition) is 4. The smallest absolute Gasteiger partial charge is 0.224 e. The van der Waals surface area contributed by atoms with Crippen LogP contribution >= 0.6 is 0 Å². The Bertz CT molecular complexity index is 595. The molecule has 1 aromatic heterocycles. The first-order valence-corrected chi connectivity index (χ1v) is 6.70. The van der Waals surface area contributed by atoms with Crippen molar-refractivity contribution >= 4 is 11.6 Å². The number of rotatable bonds is 5. The van der Waals surface area contributed by atoms with Gasteiger partial charge in [-0.2, -0.15) is 5.10 Å². The second kappa shape index (κ2) is 5.73. The summed E-state index contributed by atoms with van der Waals surface area (Å²) in [5, 5.41) is 6.91. The van der Waals surface area contributed by atoms with Crippen LogP contribution < -0.4 is 10.1 Å². The molecule has 0 radical (unpaired) electrons. The molecule has 1 N–H and O–H groups in total. The zero-order valence-corrected chi connectivity index (χ0v) is 11.1. The summed E-state index contributed by atoms with van der Waals surface area (Å²) >= 11 is 0. The van der Waals surface area contributed by atoms with Gasteiger partial charge >= 0.3 is 0 Å². The molecule has 3 rings (SSSR count). The Morgan fingerprint density at radius 2 is 2.30 bits per heavy atom. The minimum atomic E-state index is 0.0702. The normalized spacial score (nSPS) is 13.7. The lowest BCUT2D eigenvalue weighted by Gasteiger charge is -2.20. The van der Waals surface area contributed by atoms with Gasteiger partial charge in [-0.15, -0.1) is 0 Å². The van der Waals surface area contributed by atoms with Crippen LogP contribution in [0.4, 0.5) is 5.69 Å². The van der Waals surface area contributed by atoms with Crippen LogP contribution in [0.25, 0.3) is 0 Å². The minimum Gasteiger partial charge on any atom is -0.493 e. The quantitative estimate of drug-likeness (QED) is 0.840. The summed E-state index contributed by atoms with van der Waals surface area (Å²) in [5.74, 6) is 0.932. The second-order valence-electron chi connectivity index (χ2n) is 4.69. The molecule has 1 aromatic carbocycles. The number of fused-ring (bicyclic) bond motifs is 1. The summed E-state index contributed by atoms with van der Waals surface area (Å²) in [7, 11) is 0. The number of benzene rings is 1. The number of anilines is 1. The van der Waals surface area contributed by atoms with Gasteiger partial charge in [0.05, 0.1) is 6.61 Å². The van der Waals surface area contributed by atoms with Crippen LogP contribution in [-0.4, -0.2) is 27.3 Å². The maximum atomic E-state index is 11.4. The predicted molar refractivity (Wildman–Crippen MR) is 73.5 cm³/mol. The van der Waals surface area contributed by atoms with Crippen LogP contribution in [0.5, 0.6) is 5.75 Å². The molecule has 1 amide bonds. The van der Waals surface area contributed by atoms with Crippen molar-refractivity contribution in [3.05, 3.63) is 36.4 Å². The molecule has 0 atom stereocenters. The van der Waals surface area contributed by atoms with E-state index in [1.54, 1.807) is 11.0 Å². The van der Waals surface area contributed by atoms with Gasteiger partial charge < -0.3 is 10.1 Å². The molecule has 0 spiro atoms. The lowest BCUT2D eigenvalue weighted by molar-refractivity contribution is -0.116. The summed E-state index contributed by atoms with van der Waals surface area (Å²) in [4.78, 5) is 15.3. The molecule has 0 fully saturated rings. The number of ether oxygens (including phenoxy) is 1. The number of nitrogens with zero attached hydrogens (tertiary/aromatic N) is 3. The van der Waals surface area contributed by atoms with E-state index in [-0.39, 0.29) is 5.91 Å². The molecular formula is C14H16N4O2. The number of amides is 1. The molecule has 0 aliphatic carbocycles. The molecule has 104 valence electrons. The molecule has 2 aromatic rings. The molecule has 20 heavy (non-hydrogen) atoms. The lowest BCUT2D eigenvalue weighted by atomic mass is 10.0. The topological polar surface area (TPSA) is 69.0 Å². The van der Waals surface area contributed by atoms with Gasteiger partial charge in [0.15, 0.2) is 0 Å². The highest BCUT2D eigenvalue weighted by Crippen LogP contribution is 2.31. The highest BCUT2D eigenvalue weighted by molar-refractivity contribution is 5.94. The van der Waals surface area contributed by atoms with E-state index in [1.165, 1.54) is 6.33 Å². The average molecular weight is 272 g/mol. The van der Waals surface area contributed by atoms with Gasteiger partial charge in [-0.05, 0) is 18.6 Å². The van der Waals surface area contributed by atoms with E-state index in [9.17, 15) is 4.79 Å². The van der Waals surface area contributed by atoms with E-state index in [0.29, 0.717) is 13.0 Å². The lowest BCUT2D eigenvalue weighted by Crippen LogP contribution is -2.19. The summed E-state index contributed by atoms with van der Waals surface area (Å²) in [6.45, 7) is 1.40. The fourth-order valence-corrected chi connectivity index (χ4v) is 2.28. The fourth-order valence-electron chi connectivity index (χ4n) is 2.28. The van der Waals surface area contributed by atoms with Crippen molar-refractivity contribution < 1.29 is 9.53 Å². The molecule has 0 unspecified atom stereocenters. The largest absolute Gasteiger partial charge is 0.493 e. The zero-order chi connectivity index (χ0) is 13.8. The van der Waals surface area contributed by atoms with Crippen LogP contribution in [0.1, 0.15) is 18.4 Å². The first-order valence-electron chi connectivity index (χ1n) is 6.70. The van der Waals surface area contributed by atoms with E-state index >= 15 is 0 Å². The molecule has 1 aliphatic heterocycles. The number of hydrogen-bond donors (Lipinski definition) is 1. The molecule has 6 heteroatoms. The number of aromatic nitrogens is 3. The predicted octanol–water partition coefficient (Wildman–Crippen LogP) is 1.63. The van der Waals surface area contributed by atoms with Crippen LogP contribution in [-0.2, 0) is 17.8 Å². The summed E-state index contributed by atoms with van der Waals surface area (Å²) in [5.41, 5.74) is 1.96. The van der Waals surface area contributed by atoms with Crippen LogP contribution in [0, 0.1) is 0 Å². The van der Waals surface area contributed by atoms with Gasteiger partial charge in [-0.1, -0.05) is 6.07 Å². The second-order valence-corrected chi connectivity index (χ2v) is 4.69. The summed E-state index contributed by atoms with van der Waals surface area (Å²) in [6, 6.07) is 5.76. The van der Waals surface area contributed by atoms with Crippen molar-refractivity contribution in [1.82, 2.24) is 14.8 Å². The van der Waals surface area contributed by atoms with Crippen molar-refractivity contribution in [1.29, 1.82) is 0 Å².